The van der Waals surface area contributed by atoms with Crippen molar-refractivity contribution in [2.75, 3.05) is 10.0 Å². The molecule has 0 spiro atoms. The molecule has 0 saturated carbocycles. The van der Waals surface area contributed by atoms with Crippen molar-refractivity contribution in [2.24, 2.45) is 0 Å². The summed E-state index contributed by atoms with van der Waals surface area (Å²) in [5.41, 5.74) is 3.60. The highest BCUT2D eigenvalue weighted by molar-refractivity contribution is 7.98. The summed E-state index contributed by atoms with van der Waals surface area (Å²) in [6, 6.07) is 21.1. The van der Waals surface area contributed by atoms with Crippen molar-refractivity contribution in [3.05, 3.63) is 88.8 Å². The van der Waals surface area contributed by atoms with E-state index in [1.54, 1.807) is 54.2 Å². The zero-order valence-corrected chi connectivity index (χ0v) is 20.0. The molecule has 9 heteroatoms. The minimum absolute atomic E-state index is 0.162. The van der Waals surface area contributed by atoms with E-state index in [9.17, 15) is 13.2 Å². The van der Waals surface area contributed by atoms with Gasteiger partial charge in [0, 0.05) is 32.3 Å². The third-order valence-corrected chi connectivity index (χ3v) is 8.78. The molecule has 0 radical (unpaired) electrons. The van der Waals surface area contributed by atoms with E-state index in [0.29, 0.717) is 16.4 Å². The molecule has 0 fully saturated rings. The van der Waals surface area contributed by atoms with E-state index in [-0.39, 0.29) is 10.8 Å². The molecule has 3 aromatic carbocycles. The summed E-state index contributed by atoms with van der Waals surface area (Å²) in [6.07, 6.45) is 0. The number of benzene rings is 3. The highest BCUT2D eigenvalue weighted by Crippen LogP contribution is 2.44. The molecule has 0 aliphatic carbocycles. The Balaban J connectivity index is 1.34. The molecule has 1 aliphatic rings. The van der Waals surface area contributed by atoms with Crippen LogP contribution in [-0.2, 0) is 15.8 Å². The number of nitrogens with zero attached hydrogens (tertiary/aromatic N) is 1. The zero-order chi connectivity index (χ0) is 23.0. The standard InChI is InChI=1S/C24H19N3O3S3/c1-15-9-11-18(12-10-15)33(29,30)27-17-6-4-5-16(13-17)23(28)26-24-25-22-19-7-2-3-8-20(19)31-14-21(22)32-24/h2-13,27H,14H2,1H3,(H,25,26,28). The predicted molar refractivity (Wildman–Crippen MR) is 133 cm³/mol. The number of anilines is 2. The summed E-state index contributed by atoms with van der Waals surface area (Å²) in [4.78, 5) is 20.0. The minimum atomic E-state index is -3.76. The van der Waals surface area contributed by atoms with Gasteiger partial charge in [-0.1, -0.05) is 42.0 Å². The van der Waals surface area contributed by atoms with Crippen LogP contribution in [0.1, 0.15) is 20.8 Å². The first kappa shape index (κ1) is 21.7. The maximum absolute atomic E-state index is 12.9. The van der Waals surface area contributed by atoms with Gasteiger partial charge in [-0.05, 0) is 43.3 Å². The Morgan fingerprint density at radius 3 is 2.61 bits per heavy atom. The fourth-order valence-corrected chi connectivity index (χ4v) is 6.62. The lowest BCUT2D eigenvalue weighted by molar-refractivity contribution is 0.102. The molecule has 166 valence electrons. The normalized spacial score (nSPS) is 12.5. The molecule has 0 bridgehead atoms. The number of rotatable bonds is 5. The van der Waals surface area contributed by atoms with Crippen LogP contribution in [0.15, 0.2) is 82.6 Å². The Morgan fingerprint density at radius 1 is 1.00 bits per heavy atom. The third kappa shape index (κ3) is 4.52. The largest absolute Gasteiger partial charge is 0.298 e. The molecule has 6 nitrogen and oxygen atoms in total. The maximum Gasteiger partial charge on any atom is 0.261 e. The Bertz CT molecular complexity index is 1460. The molecular weight excluding hydrogens is 474 g/mol. The van der Waals surface area contributed by atoms with E-state index in [4.69, 9.17) is 0 Å². The van der Waals surface area contributed by atoms with E-state index in [1.807, 2.05) is 25.1 Å². The van der Waals surface area contributed by atoms with Gasteiger partial charge >= 0.3 is 0 Å². The van der Waals surface area contributed by atoms with E-state index >= 15 is 0 Å². The van der Waals surface area contributed by atoms with Crippen molar-refractivity contribution < 1.29 is 13.2 Å². The van der Waals surface area contributed by atoms with Gasteiger partial charge in [0.2, 0.25) is 0 Å². The van der Waals surface area contributed by atoms with Crippen LogP contribution in [-0.4, -0.2) is 19.3 Å². The van der Waals surface area contributed by atoms with Gasteiger partial charge < -0.3 is 0 Å². The molecule has 33 heavy (non-hydrogen) atoms. The van der Waals surface area contributed by atoms with Crippen molar-refractivity contribution in [2.45, 2.75) is 22.5 Å². The summed E-state index contributed by atoms with van der Waals surface area (Å²) < 4.78 is 27.9. The van der Waals surface area contributed by atoms with Crippen molar-refractivity contribution in [3.8, 4) is 11.3 Å². The van der Waals surface area contributed by atoms with Crippen LogP contribution in [0.5, 0.6) is 0 Å². The molecule has 0 saturated heterocycles. The van der Waals surface area contributed by atoms with E-state index < -0.39 is 10.0 Å². The Morgan fingerprint density at radius 2 is 1.79 bits per heavy atom. The number of hydrogen-bond acceptors (Lipinski definition) is 6. The molecule has 0 atom stereocenters. The number of thiazole rings is 1. The number of carbonyl (C=O) groups is 1. The average Bonchev–Trinajstić information content (AvgIpc) is 3.22. The summed E-state index contributed by atoms with van der Waals surface area (Å²) in [5.74, 6) is 0.467. The molecule has 2 heterocycles. The minimum Gasteiger partial charge on any atom is -0.298 e. The smallest absolute Gasteiger partial charge is 0.261 e. The van der Waals surface area contributed by atoms with Gasteiger partial charge in [-0.3, -0.25) is 14.8 Å². The number of hydrogen-bond donors (Lipinski definition) is 2. The SMILES string of the molecule is Cc1ccc(S(=O)(=O)Nc2cccc(C(=O)Nc3nc4c(s3)CSc3ccccc3-4)c2)cc1. The molecule has 1 amide bonds. The van der Waals surface area contributed by atoms with Crippen LogP contribution in [0.25, 0.3) is 11.3 Å². The Hall–Kier alpha value is -3.14. The second kappa shape index (κ2) is 8.66. The van der Waals surface area contributed by atoms with E-state index in [1.165, 1.54) is 22.3 Å². The van der Waals surface area contributed by atoms with Gasteiger partial charge in [-0.15, -0.1) is 23.1 Å². The van der Waals surface area contributed by atoms with Crippen LogP contribution >= 0.6 is 23.1 Å². The van der Waals surface area contributed by atoms with E-state index in [0.717, 1.165) is 27.5 Å². The van der Waals surface area contributed by atoms with Crippen LogP contribution in [0, 0.1) is 6.92 Å². The first-order valence-corrected chi connectivity index (χ1v) is 13.4. The number of nitrogens with one attached hydrogen (secondary N) is 2. The van der Waals surface area contributed by atoms with Crippen molar-refractivity contribution in [3.63, 3.8) is 0 Å². The molecule has 1 aromatic heterocycles. The number of thioether (sulfide) groups is 1. The summed E-state index contributed by atoms with van der Waals surface area (Å²) in [7, 11) is -3.76. The lowest BCUT2D eigenvalue weighted by Crippen LogP contribution is -2.15. The first-order valence-electron chi connectivity index (χ1n) is 10.1. The Labute approximate surface area is 200 Å². The number of aryl methyl sites for hydroxylation is 1. The number of aromatic nitrogens is 1. The number of carbonyl (C=O) groups excluding carboxylic acids is 1. The van der Waals surface area contributed by atoms with Crippen molar-refractivity contribution >= 4 is 49.8 Å². The summed E-state index contributed by atoms with van der Waals surface area (Å²) in [5, 5.41) is 3.38. The maximum atomic E-state index is 12.9. The predicted octanol–water partition coefficient (Wildman–Crippen LogP) is 5.78. The summed E-state index contributed by atoms with van der Waals surface area (Å²) in [6.45, 7) is 1.89. The van der Waals surface area contributed by atoms with Gasteiger partial charge in [0.15, 0.2) is 5.13 Å². The number of sulfonamides is 1. The molecular formula is C24H19N3O3S3. The fraction of sp³-hybridized carbons (Fsp3) is 0.0833. The summed E-state index contributed by atoms with van der Waals surface area (Å²) >= 11 is 3.22. The monoisotopic (exact) mass is 493 g/mol. The number of fused-ring (bicyclic) bond motifs is 3. The average molecular weight is 494 g/mol. The van der Waals surface area contributed by atoms with Gasteiger partial charge in [0.1, 0.15) is 0 Å². The van der Waals surface area contributed by atoms with Gasteiger partial charge in [0.25, 0.3) is 15.9 Å². The molecule has 2 N–H and O–H groups in total. The van der Waals surface area contributed by atoms with E-state index in [2.05, 4.69) is 21.1 Å². The second-order valence-corrected chi connectivity index (χ2v) is 11.3. The lowest BCUT2D eigenvalue weighted by atomic mass is 10.1. The van der Waals surface area contributed by atoms with Gasteiger partial charge in [-0.25, -0.2) is 13.4 Å². The van der Waals surface area contributed by atoms with Gasteiger partial charge in [0.05, 0.1) is 10.6 Å². The zero-order valence-electron chi connectivity index (χ0n) is 17.5. The fourth-order valence-electron chi connectivity index (χ4n) is 3.47. The second-order valence-electron chi connectivity index (χ2n) is 7.53. The number of amides is 1. The van der Waals surface area contributed by atoms with Crippen molar-refractivity contribution in [1.29, 1.82) is 0 Å². The highest BCUT2D eigenvalue weighted by Gasteiger charge is 2.22. The molecule has 1 aliphatic heterocycles. The quantitative estimate of drug-likeness (QED) is 0.368. The van der Waals surface area contributed by atoms with Crippen LogP contribution < -0.4 is 10.0 Å². The van der Waals surface area contributed by atoms with Crippen LogP contribution in [0.2, 0.25) is 0 Å². The lowest BCUT2D eigenvalue weighted by Gasteiger charge is -2.13. The third-order valence-electron chi connectivity index (χ3n) is 5.13. The molecule has 4 aromatic rings. The molecule has 5 rings (SSSR count). The highest BCUT2D eigenvalue weighted by atomic mass is 32.2. The van der Waals surface area contributed by atoms with Crippen molar-refractivity contribution in [1.82, 2.24) is 4.98 Å². The van der Waals surface area contributed by atoms with Crippen LogP contribution in [0.3, 0.4) is 0 Å². The molecule has 0 unspecified atom stereocenters. The topological polar surface area (TPSA) is 88.2 Å². The van der Waals surface area contributed by atoms with Crippen LogP contribution in [0.4, 0.5) is 10.8 Å². The van der Waals surface area contributed by atoms with Gasteiger partial charge in [-0.2, -0.15) is 0 Å². The Kier molecular flexibility index (Phi) is 5.69. The first-order chi connectivity index (χ1) is 15.9.